The number of anilines is 1. The molecule has 0 saturated heterocycles. The maximum Gasteiger partial charge on any atom is 0.248 e. The number of benzene rings is 2. The maximum atomic E-state index is 12.3. The lowest BCUT2D eigenvalue weighted by molar-refractivity contribution is -0.111. The molecule has 136 valence electrons. The van der Waals surface area contributed by atoms with E-state index in [1.54, 1.807) is 18.2 Å². The van der Waals surface area contributed by atoms with Crippen molar-refractivity contribution >= 4 is 43.6 Å². The number of sulfonamides is 1. The zero-order valence-electron chi connectivity index (χ0n) is 14.2. The van der Waals surface area contributed by atoms with Gasteiger partial charge in [0.15, 0.2) is 0 Å². The average Bonchev–Trinajstić information content (AvgIpc) is 3.37. The number of amides is 1. The number of halogens is 1. The first kappa shape index (κ1) is 18.8. The second-order valence-corrected chi connectivity index (χ2v) is 8.84. The van der Waals surface area contributed by atoms with Crippen LogP contribution in [0, 0.1) is 6.92 Å². The van der Waals surface area contributed by atoms with Crippen molar-refractivity contribution in [1.29, 1.82) is 0 Å². The Morgan fingerprint density at radius 2 is 1.96 bits per heavy atom. The first-order valence-corrected chi connectivity index (χ1v) is 10.5. The highest BCUT2D eigenvalue weighted by molar-refractivity contribution is 9.10. The van der Waals surface area contributed by atoms with E-state index in [0.29, 0.717) is 5.69 Å². The zero-order chi connectivity index (χ0) is 18.7. The monoisotopic (exact) mass is 434 g/mol. The van der Waals surface area contributed by atoms with E-state index in [0.717, 1.165) is 28.4 Å². The van der Waals surface area contributed by atoms with Crippen LogP contribution in [0.4, 0.5) is 5.69 Å². The van der Waals surface area contributed by atoms with Gasteiger partial charge in [0, 0.05) is 22.3 Å². The lowest BCUT2D eigenvalue weighted by Crippen LogP contribution is -2.25. The molecule has 0 aromatic heterocycles. The maximum absolute atomic E-state index is 12.3. The molecule has 1 aliphatic rings. The Hall–Kier alpha value is -1.96. The fourth-order valence-electron chi connectivity index (χ4n) is 2.35. The van der Waals surface area contributed by atoms with Crippen molar-refractivity contribution in [3.8, 4) is 0 Å². The molecule has 0 heterocycles. The summed E-state index contributed by atoms with van der Waals surface area (Å²) in [6.07, 6.45) is 4.86. The summed E-state index contributed by atoms with van der Waals surface area (Å²) >= 11 is 3.46. The highest BCUT2D eigenvalue weighted by atomic mass is 79.9. The van der Waals surface area contributed by atoms with E-state index >= 15 is 0 Å². The minimum Gasteiger partial charge on any atom is -0.322 e. The van der Waals surface area contributed by atoms with Crippen LogP contribution in [0.1, 0.15) is 24.0 Å². The summed E-state index contributed by atoms with van der Waals surface area (Å²) in [6.45, 7) is 1.99. The number of aryl methyl sites for hydroxylation is 1. The number of hydrogen-bond donors (Lipinski definition) is 2. The predicted octanol–water partition coefficient (Wildman–Crippen LogP) is 3.85. The van der Waals surface area contributed by atoms with Crippen LogP contribution < -0.4 is 10.0 Å². The van der Waals surface area contributed by atoms with Crippen LogP contribution in [0.3, 0.4) is 0 Å². The van der Waals surface area contributed by atoms with Crippen molar-refractivity contribution in [3.63, 3.8) is 0 Å². The van der Waals surface area contributed by atoms with E-state index < -0.39 is 10.0 Å². The van der Waals surface area contributed by atoms with Gasteiger partial charge in [-0.05, 0) is 61.2 Å². The van der Waals surface area contributed by atoms with Crippen LogP contribution in [-0.4, -0.2) is 20.4 Å². The summed E-state index contributed by atoms with van der Waals surface area (Å²) < 4.78 is 28.0. The molecule has 0 spiro atoms. The fraction of sp³-hybridized carbons (Fsp3) is 0.211. The van der Waals surface area contributed by atoms with E-state index in [9.17, 15) is 13.2 Å². The lowest BCUT2D eigenvalue weighted by atomic mass is 10.1. The van der Waals surface area contributed by atoms with Crippen LogP contribution in [0.25, 0.3) is 6.08 Å². The highest BCUT2D eigenvalue weighted by Gasteiger charge is 2.28. The van der Waals surface area contributed by atoms with E-state index in [4.69, 9.17) is 0 Å². The Balaban J connectivity index is 1.69. The molecule has 7 heteroatoms. The van der Waals surface area contributed by atoms with E-state index in [1.807, 2.05) is 25.1 Å². The standard InChI is InChI=1S/C19H19BrN2O3S/c1-13-5-6-14(18(20)11-13)7-10-19(23)21-16-3-2-4-17(12-16)26(24,25)22-15-8-9-15/h2-7,10-12,15,22H,8-9H2,1H3,(H,21,23)/b10-7+. The van der Waals surface area contributed by atoms with E-state index in [1.165, 1.54) is 18.2 Å². The van der Waals surface area contributed by atoms with Gasteiger partial charge in [-0.15, -0.1) is 0 Å². The van der Waals surface area contributed by atoms with Gasteiger partial charge < -0.3 is 5.32 Å². The van der Waals surface area contributed by atoms with Crippen molar-refractivity contribution in [2.75, 3.05) is 5.32 Å². The minimum atomic E-state index is -3.55. The van der Waals surface area contributed by atoms with Gasteiger partial charge in [-0.1, -0.05) is 34.1 Å². The molecule has 0 aliphatic heterocycles. The van der Waals surface area contributed by atoms with Crippen molar-refractivity contribution in [1.82, 2.24) is 4.72 Å². The molecule has 5 nitrogen and oxygen atoms in total. The smallest absolute Gasteiger partial charge is 0.248 e. The van der Waals surface area contributed by atoms with Crippen molar-refractivity contribution < 1.29 is 13.2 Å². The van der Waals surface area contributed by atoms with Crippen LogP contribution in [0.2, 0.25) is 0 Å². The molecule has 26 heavy (non-hydrogen) atoms. The molecular weight excluding hydrogens is 416 g/mol. The molecule has 0 bridgehead atoms. The molecule has 2 N–H and O–H groups in total. The number of nitrogens with one attached hydrogen (secondary N) is 2. The first-order chi connectivity index (χ1) is 12.3. The van der Waals surface area contributed by atoms with Crippen LogP contribution >= 0.6 is 15.9 Å². The second kappa shape index (κ2) is 7.73. The third-order valence-electron chi connectivity index (χ3n) is 3.88. The second-order valence-electron chi connectivity index (χ2n) is 6.27. The van der Waals surface area contributed by atoms with Gasteiger partial charge in [-0.3, -0.25) is 4.79 Å². The third kappa shape index (κ3) is 5.03. The largest absolute Gasteiger partial charge is 0.322 e. The summed E-state index contributed by atoms with van der Waals surface area (Å²) in [7, 11) is -3.55. The minimum absolute atomic E-state index is 0.0362. The molecule has 2 aromatic rings. The van der Waals surface area contributed by atoms with Gasteiger partial charge in [0.2, 0.25) is 15.9 Å². The molecule has 1 aliphatic carbocycles. The SMILES string of the molecule is Cc1ccc(/C=C/C(=O)Nc2cccc(S(=O)(=O)NC3CC3)c2)c(Br)c1. The summed E-state index contributed by atoms with van der Waals surface area (Å²) in [5, 5.41) is 2.69. The Labute approximate surface area is 161 Å². The summed E-state index contributed by atoms with van der Waals surface area (Å²) in [5.41, 5.74) is 2.44. The number of carbonyl (C=O) groups is 1. The summed E-state index contributed by atoms with van der Waals surface area (Å²) in [4.78, 5) is 12.3. The van der Waals surface area contributed by atoms with Gasteiger partial charge in [-0.2, -0.15) is 0 Å². The van der Waals surface area contributed by atoms with Crippen LogP contribution in [-0.2, 0) is 14.8 Å². The first-order valence-electron chi connectivity index (χ1n) is 8.21. The molecule has 0 unspecified atom stereocenters. The highest BCUT2D eigenvalue weighted by Crippen LogP contribution is 2.23. The Bertz CT molecular complexity index is 966. The quantitative estimate of drug-likeness (QED) is 0.677. The molecule has 1 fully saturated rings. The lowest BCUT2D eigenvalue weighted by Gasteiger charge is -2.08. The normalized spacial score (nSPS) is 14.5. The van der Waals surface area contributed by atoms with Crippen molar-refractivity contribution in [3.05, 3.63) is 64.1 Å². The molecule has 3 rings (SSSR count). The predicted molar refractivity (Wildman–Crippen MR) is 106 cm³/mol. The number of carbonyl (C=O) groups excluding carboxylic acids is 1. The molecule has 0 radical (unpaired) electrons. The van der Waals surface area contributed by atoms with Crippen LogP contribution in [0.15, 0.2) is 57.9 Å². The summed E-state index contributed by atoms with van der Waals surface area (Å²) in [6, 6.07) is 12.1. The van der Waals surface area contributed by atoms with Gasteiger partial charge in [0.05, 0.1) is 4.90 Å². The Morgan fingerprint density at radius 1 is 1.19 bits per heavy atom. The molecule has 2 aromatic carbocycles. The molecule has 1 saturated carbocycles. The molecule has 1 amide bonds. The Morgan fingerprint density at radius 3 is 2.65 bits per heavy atom. The number of hydrogen-bond acceptors (Lipinski definition) is 3. The zero-order valence-corrected chi connectivity index (χ0v) is 16.6. The molecule has 0 atom stereocenters. The fourth-order valence-corrected chi connectivity index (χ4v) is 4.32. The van der Waals surface area contributed by atoms with Gasteiger partial charge in [0.1, 0.15) is 0 Å². The van der Waals surface area contributed by atoms with Gasteiger partial charge in [0.25, 0.3) is 0 Å². The van der Waals surface area contributed by atoms with Crippen LogP contribution in [0.5, 0.6) is 0 Å². The third-order valence-corrected chi connectivity index (χ3v) is 6.09. The number of rotatable bonds is 6. The van der Waals surface area contributed by atoms with Gasteiger partial charge in [-0.25, -0.2) is 13.1 Å². The summed E-state index contributed by atoms with van der Waals surface area (Å²) in [5.74, 6) is -0.331. The van der Waals surface area contributed by atoms with Crippen molar-refractivity contribution in [2.45, 2.75) is 30.7 Å². The topological polar surface area (TPSA) is 75.3 Å². The van der Waals surface area contributed by atoms with Crippen molar-refractivity contribution in [2.24, 2.45) is 0 Å². The van der Waals surface area contributed by atoms with E-state index in [-0.39, 0.29) is 16.8 Å². The van der Waals surface area contributed by atoms with E-state index in [2.05, 4.69) is 26.0 Å². The average molecular weight is 435 g/mol. The van der Waals surface area contributed by atoms with Gasteiger partial charge >= 0.3 is 0 Å². The molecular formula is C19H19BrN2O3S. The Kier molecular flexibility index (Phi) is 5.60.